The molecule has 0 unspecified atom stereocenters. The number of carbonyl (C=O) groups is 3. The van der Waals surface area contributed by atoms with Crippen molar-refractivity contribution in [1.82, 2.24) is 9.80 Å². The van der Waals surface area contributed by atoms with Crippen molar-refractivity contribution in [2.45, 2.75) is 44.0 Å². The number of nitrogens with zero attached hydrogens (tertiary/aromatic N) is 2. The lowest BCUT2D eigenvalue weighted by Crippen LogP contribution is -2.48. The highest BCUT2D eigenvalue weighted by molar-refractivity contribution is 8.00. The van der Waals surface area contributed by atoms with Gasteiger partial charge in [0, 0.05) is 25.3 Å². The first-order valence-electron chi connectivity index (χ1n) is 10.4. The highest BCUT2D eigenvalue weighted by atomic mass is 32.2. The van der Waals surface area contributed by atoms with Gasteiger partial charge in [-0.1, -0.05) is 44.2 Å². The zero-order valence-corrected chi connectivity index (χ0v) is 17.8. The van der Waals surface area contributed by atoms with Gasteiger partial charge in [0.05, 0.1) is 0 Å². The molecule has 0 saturated carbocycles. The van der Waals surface area contributed by atoms with Gasteiger partial charge in [0.15, 0.2) is 6.61 Å². The Hall–Kier alpha value is -2.02. The van der Waals surface area contributed by atoms with E-state index < -0.39 is 16.9 Å². The van der Waals surface area contributed by atoms with Crippen LogP contribution in [-0.4, -0.2) is 59.1 Å². The van der Waals surface area contributed by atoms with Gasteiger partial charge >= 0.3 is 5.97 Å². The van der Waals surface area contributed by atoms with Gasteiger partial charge < -0.3 is 14.5 Å². The predicted molar refractivity (Wildman–Crippen MR) is 111 cm³/mol. The molecule has 3 heterocycles. The van der Waals surface area contributed by atoms with Crippen molar-refractivity contribution in [1.29, 1.82) is 0 Å². The molecule has 0 aromatic heterocycles. The Morgan fingerprint density at radius 2 is 1.86 bits per heavy atom. The topological polar surface area (TPSA) is 66.9 Å². The maximum Gasteiger partial charge on any atom is 0.330 e. The first-order chi connectivity index (χ1) is 13.9. The van der Waals surface area contributed by atoms with Gasteiger partial charge in [-0.15, -0.1) is 11.8 Å². The van der Waals surface area contributed by atoms with Gasteiger partial charge in [-0.25, -0.2) is 4.79 Å². The summed E-state index contributed by atoms with van der Waals surface area (Å²) in [7, 11) is 0. The van der Waals surface area contributed by atoms with Crippen LogP contribution >= 0.6 is 11.8 Å². The summed E-state index contributed by atoms with van der Waals surface area (Å²) in [6, 6.07) is 9.23. The number of ether oxygens (including phenoxy) is 1. The minimum Gasteiger partial charge on any atom is -0.454 e. The Kier molecular flexibility index (Phi) is 5.60. The van der Waals surface area contributed by atoms with Gasteiger partial charge in [0.1, 0.15) is 10.9 Å². The molecule has 6 nitrogen and oxygen atoms in total. The highest BCUT2D eigenvalue weighted by Crippen LogP contribution is 2.54. The van der Waals surface area contributed by atoms with Crippen LogP contribution in [0.2, 0.25) is 0 Å². The Labute approximate surface area is 175 Å². The lowest BCUT2D eigenvalue weighted by Gasteiger charge is -2.35. The van der Waals surface area contributed by atoms with E-state index in [4.69, 9.17) is 4.74 Å². The molecular weight excluding hydrogens is 388 g/mol. The van der Waals surface area contributed by atoms with E-state index in [1.54, 1.807) is 21.6 Å². The molecule has 1 aromatic carbocycles. The van der Waals surface area contributed by atoms with E-state index in [2.05, 4.69) is 13.8 Å². The summed E-state index contributed by atoms with van der Waals surface area (Å²) >= 11 is 1.63. The first kappa shape index (κ1) is 20.3. The molecule has 3 fully saturated rings. The van der Waals surface area contributed by atoms with Gasteiger partial charge in [0.25, 0.3) is 5.91 Å². The summed E-state index contributed by atoms with van der Waals surface area (Å²) in [5, 5.41) is 0. The highest BCUT2D eigenvalue weighted by Gasteiger charge is 2.57. The molecule has 1 aromatic rings. The number of hydrogen-bond donors (Lipinski definition) is 0. The second-order valence-electron chi connectivity index (χ2n) is 8.59. The van der Waals surface area contributed by atoms with Crippen LogP contribution in [0.3, 0.4) is 0 Å². The molecule has 3 aliphatic rings. The van der Waals surface area contributed by atoms with Crippen LogP contribution in [0.25, 0.3) is 0 Å². The standard InChI is InChI=1S/C22H28N2O4S/c1-15-10-16(2)12-23(11-15)20(26)13-28-21(27)18-14-29-22(9-8-19(25)24(18)22)17-6-4-3-5-7-17/h3-7,15-16,18H,8-14H2,1-2H3/t15-,16-,18+,22-/m1/s1. The number of piperidine rings is 1. The molecule has 3 saturated heterocycles. The molecular formula is C22H28N2O4S. The number of rotatable bonds is 4. The maximum absolute atomic E-state index is 12.8. The van der Waals surface area contributed by atoms with Crippen molar-refractivity contribution >= 4 is 29.5 Å². The minimum absolute atomic E-state index is 0.0224. The fourth-order valence-electron chi connectivity index (χ4n) is 5.00. The summed E-state index contributed by atoms with van der Waals surface area (Å²) in [4.78, 5) is 41.0. The molecule has 4 rings (SSSR count). The summed E-state index contributed by atoms with van der Waals surface area (Å²) < 4.78 is 5.41. The smallest absolute Gasteiger partial charge is 0.330 e. The van der Waals surface area contributed by atoms with Crippen LogP contribution in [0.4, 0.5) is 0 Å². The average molecular weight is 417 g/mol. The maximum atomic E-state index is 12.8. The number of esters is 1. The van der Waals surface area contributed by atoms with Crippen molar-refractivity contribution in [3.8, 4) is 0 Å². The molecule has 7 heteroatoms. The fraction of sp³-hybridized carbons (Fsp3) is 0.591. The Balaban J connectivity index is 1.42. The van der Waals surface area contributed by atoms with E-state index in [1.165, 1.54) is 0 Å². The van der Waals surface area contributed by atoms with E-state index >= 15 is 0 Å². The third kappa shape index (κ3) is 3.77. The van der Waals surface area contributed by atoms with Crippen LogP contribution in [0.15, 0.2) is 30.3 Å². The van der Waals surface area contributed by atoms with Crippen molar-refractivity contribution in [3.63, 3.8) is 0 Å². The third-order valence-electron chi connectivity index (χ3n) is 6.18. The molecule has 0 aliphatic carbocycles. The van der Waals surface area contributed by atoms with Crippen molar-refractivity contribution in [2.24, 2.45) is 11.8 Å². The Morgan fingerprint density at radius 3 is 2.55 bits per heavy atom. The molecule has 4 atom stereocenters. The molecule has 2 amide bonds. The number of fused-ring (bicyclic) bond motifs is 1. The predicted octanol–water partition coefficient (Wildman–Crippen LogP) is 2.62. The number of amides is 2. The zero-order valence-electron chi connectivity index (χ0n) is 17.0. The summed E-state index contributed by atoms with van der Waals surface area (Å²) in [6.07, 6.45) is 2.22. The first-order valence-corrected chi connectivity index (χ1v) is 11.4. The molecule has 156 valence electrons. The van der Waals surface area contributed by atoms with Gasteiger partial charge in [-0.3, -0.25) is 9.59 Å². The van der Waals surface area contributed by atoms with E-state index in [-0.39, 0.29) is 18.4 Å². The number of thioether (sulfide) groups is 1. The average Bonchev–Trinajstić information content (AvgIpc) is 3.25. The van der Waals surface area contributed by atoms with E-state index in [0.29, 0.717) is 43.5 Å². The number of likely N-dealkylation sites (tertiary alicyclic amines) is 1. The van der Waals surface area contributed by atoms with E-state index in [1.807, 2.05) is 30.3 Å². The van der Waals surface area contributed by atoms with Crippen LogP contribution in [0.5, 0.6) is 0 Å². The van der Waals surface area contributed by atoms with Gasteiger partial charge in [-0.05, 0) is 30.2 Å². The molecule has 3 aliphatic heterocycles. The monoisotopic (exact) mass is 416 g/mol. The van der Waals surface area contributed by atoms with Gasteiger partial charge in [0.2, 0.25) is 5.91 Å². The van der Waals surface area contributed by atoms with Crippen LogP contribution in [-0.2, 0) is 24.0 Å². The summed E-state index contributed by atoms with van der Waals surface area (Å²) in [5.74, 6) is 0.759. The van der Waals surface area contributed by atoms with E-state index in [0.717, 1.165) is 12.0 Å². The number of benzene rings is 1. The molecule has 29 heavy (non-hydrogen) atoms. The van der Waals surface area contributed by atoms with Crippen LogP contribution in [0, 0.1) is 11.8 Å². The quantitative estimate of drug-likeness (QED) is 0.706. The lowest BCUT2D eigenvalue weighted by atomic mass is 9.92. The SMILES string of the molecule is C[C@@H]1C[C@@H](C)CN(C(=O)COC(=O)[C@@H]2CS[C@@]3(c4ccccc4)CCC(=O)N23)C1. The van der Waals surface area contributed by atoms with Gasteiger partial charge in [-0.2, -0.15) is 0 Å². The fourth-order valence-corrected chi connectivity index (χ4v) is 6.64. The molecule has 0 radical (unpaired) electrons. The Bertz CT molecular complexity index is 791. The second-order valence-corrected chi connectivity index (χ2v) is 9.89. The zero-order chi connectivity index (χ0) is 20.6. The minimum atomic E-state index is -0.637. The molecule has 0 N–H and O–H groups in total. The van der Waals surface area contributed by atoms with Crippen molar-refractivity contribution in [3.05, 3.63) is 35.9 Å². The summed E-state index contributed by atoms with van der Waals surface area (Å²) in [6.45, 7) is 5.45. The number of hydrogen-bond acceptors (Lipinski definition) is 5. The van der Waals surface area contributed by atoms with Crippen molar-refractivity contribution in [2.75, 3.05) is 25.4 Å². The molecule has 0 bridgehead atoms. The van der Waals surface area contributed by atoms with Crippen LogP contribution in [0.1, 0.15) is 38.7 Å². The second kappa shape index (κ2) is 8.01. The molecule has 0 spiro atoms. The largest absolute Gasteiger partial charge is 0.454 e. The summed E-state index contributed by atoms with van der Waals surface area (Å²) in [5.41, 5.74) is 1.04. The lowest BCUT2D eigenvalue weighted by molar-refractivity contribution is -0.159. The normalized spacial score (nSPS) is 31.7. The van der Waals surface area contributed by atoms with Crippen molar-refractivity contribution < 1.29 is 19.1 Å². The number of carbonyl (C=O) groups excluding carboxylic acids is 3. The van der Waals surface area contributed by atoms with Crippen LogP contribution < -0.4 is 0 Å². The van der Waals surface area contributed by atoms with E-state index in [9.17, 15) is 14.4 Å². The third-order valence-corrected chi connectivity index (χ3v) is 7.78. The Morgan fingerprint density at radius 1 is 1.17 bits per heavy atom.